The number of rotatable bonds is 5. The first-order valence-electron chi connectivity index (χ1n) is 8.51. The Morgan fingerprint density at radius 2 is 1.73 bits per heavy atom. The number of nitrogens with two attached hydrogens (primary N) is 1. The highest BCUT2D eigenvalue weighted by Gasteiger charge is 2.15. The molecule has 0 aromatic heterocycles. The van der Waals surface area contributed by atoms with Crippen molar-refractivity contribution in [3.63, 3.8) is 0 Å². The van der Waals surface area contributed by atoms with Gasteiger partial charge in [0.05, 0.1) is 5.56 Å². The quantitative estimate of drug-likeness (QED) is 0.638. The van der Waals surface area contributed by atoms with Crippen LogP contribution in [0.3, 0.4) is 0 Å². The maximum absolute atomic E-state index is 12.3. The van der Waals surface area contributed by atoms with E-state index in [4.69, 9.17) is 10.5 Å². The first-order chi connectivity index (χ1) is 12.5. The van der Waals surface area contributed by atoms with E-state index in [1.165, 1.54) is 29.7 Å². The lowest BCUT2D eigenvalue weighted by Gasteiger charge is -2.16. The maximum atomic E-state index is 12.3. The van der Waals surface area contributed by atoms with E-state index in [9.17, 15) is 14.4 Å². The molecule has 0 atom stereocenters. The summed E-state index contributed by atoms with van der Waals surface area (Å²) in [5, 5.41) is 2.38. The summed E-state index contributed by atoms with van der Waals surface area (Å²) in [4.78, 5) is 35.3. The number of primary amides is 1. The average Bonchev–Trinajstić information content (AvgIpc) is 2.65. The number of urea groups is 1. The van der Waals surface area contributed by atoms with Crippen LogP contribution in [0.2, 0.25) is 0 Å². The molecule has 3 N–H and O–H groups in total. The Morgan fingerprint density at radius 1 is 0.962 bits per heavy atom. The molecule has 0 aliphatic heterocycles. The fraction of sp³-hybridized carbons (Fsp3) is 0.250. The number of hydrogen-bond donors (Lipinski definition) is 2. The molecule has 26 heavy (non-hydrogen) atoms. The topological polar surface area (TPSA) is 98.5 Å². The Labute approximate surface area is 151 Å². The summed E-state index contributed by atoms with van der Waals surface area (Å²) in [7, 11) is 0. The van der Waals surface area contributed by atoms with E-state index in [1.807, 2.05) is 12.1 Å². The monoisotopic (exact) mass is 352 g/mol. The molecule has 2 aromatic rings. The van der Waals surface area contributed by atoms with Gasteiger partial charge in [0.15, 0.2) is 12.4 Å². The Kier molecular flexibility index (Phi) is 5.31. The molecule has 1 aliphatic rings. The molecular formula is C20H20N2O4. The van der Waals surface area contributed by atoms with Gasteiger partial charge in [-0.3, -0.25) is 4.79 Å². The van der Waals surface area contributed by atoms with Gasteiger partial charge in [0, 0.05) is 11.3 Å². The lowest BCUT2D eigenvalue weighted by molar-refractivity contribution is 0.0475. The van der Waals surface area contributed by atoms with Crippen molar-refractivity contribution in [3.8, 4) is 0 Å². The van der Waals surface area contributed by atoms with Crippen molar-refractivity contribution in [2.45, 2.75) is 25.7 Å². The first-order valence-corrected chi connectivity index (χ1v) is 8.51. The van der Waals surface area contributed by atoms with Gasteiger partial charge in [-0.1, -0.05) is 18.2 Å². The number of anilines is 1. The minimum Gasteiger partial charge on any atom is -0.454 e. The zero-order valence-electron chi connectivity index (χ0n) is 14.3. The standard InChI is InChI=1S/C20H20N2O4/c21-20(25)22-17-7-3-6-16(11-17)19(24)26-12-18(23)15-9-8-13-4-1-2-5-14(13)10-15/h3,6-11H,1-2,4-5,12H2,(H3,21,22,25). The number of esters is 1. The van der Waals surface area contributed by atoms with Crippen LogP contribution in [-0.2, 0) is 17.6 Å². The summed E-state index contributed by atoms with van der Waals surface area (Å²) in [5.41, 5.74) is 8.72. The summed E-state index contributed by atoms with van der Waals surface area (Å²) in [5.74, 6) is -0.873. The second kappa shape index (κ2) is 7.82. The van der Waals surface area contributed by atoms with Crippen LogP contribution < -0.4 is 11.1 Å². The predicted molar refractivity (Wildman–Crippen MR) is 97.3 cm³/mol. The zero-order valence-corrected chi connectivity index (χ0v) is 14.3. The number of amides is 2. The number of Topliss-reactive ketones (excluding diaryl/α,β-unsaturated/α-hetero) is 1. The molecule has 0 saturated heterocycles. The summed E-state index contributed by atoms with van der Waals surface area (Å²) in [6, 6.07) is 11.1. The number of hydrogen-bond acceptors (Lipinski definition) is 4. The molecule has 0 bridgehead atoms. The van der Waals surface area contributed by atoms with E-state index in [2.05, 4.69) is 5.32 Å². The van der Waals surface area contributed by atoms with Gasteiger partial charge < -0.3 is 15.8 Å². The van der Waals surface area contributed by atoms with Gasteiger partial charge in [-0.15, -0.1) is 0 Å². The van der Waals surface area contributed by atoms with Crippen LogP contribution in [0.4, 0.5) is 10.5 Å². The Balaban J connectivity index is 1.62. The molecule has 0 unspecified atom stereocenters. The minimum atomic E-state index is -0.724. The van der Waals surface area contributed by atoms with E-state index in [0.717, 1.165) is 19.3 Å². The summed E-state index contributed by atoms with van der Waals surface area (Å²) in [6.45, 7) is -0.328. The minimum absolute atomic E-state index is 0.231. The van der Waals surface area contributed by atoms with Crippen molar-refractivity contribution >= 4 is 23.5 Å². The van der Waals surface area contributed by atoms with Gasteiger partial charge in [-0.05, 0) is 61.1 Å². The predicted octanol–water partition coefficient (Wildman–Crippen LogP) is 3.10. The molecule has 0 radical (unpaired) electrons. The molecule has 2 aromatic carbocycles. The number of benzene rings is 2. The molecular weight excluding hydrogens is 332 g/mol. The lowest BCUT2D eigenvalue weighted by Crippen LogP contribution is -2.19. The van der Waals surface area contributed by atoms with E-state index >= 15 is 0 Å². The summed E-state index contributed by atoms with van der Waals surface area (Å²) < 4.78 is 5.12. The van der Waals surface area contributed by atoms with Crippen LogP contribution >= 0.6 is 0 Å². The van der Waals surface area contributed by atoms with Gasteiger partial charge in [0.25, 0.3) is 0 Å². The number of aryl methyl sites for hydroxylation is 2. The number of ether oxygens (including phenoxy) is 1. The van der Waals surface area contributed by atoms with Gasteiger partial charge in [-0.2, -0.15) is 0 Å². The highest BCUT2D eigenvalue weighted by Crippen LogP contribution is 2.22. The Morgan fingerprint density at radius 3 is 2.50 bits per heavy atom. The van der Waals surface area contributed by atoms with Crippen LogP contribution in [-0.4, -0.2) is 24.4 Å². The molecule has 3 rings (SSSR count). The third-order valence-electron chi connectivity index (χ3n) is 4.37. The van der Waals surface area contributed by atoms with E-state index in [1.54, 1.807) is 18.2 Å². The third kappa shape index (κ3) is 4.27. The lowest BCUT2D eigenvalue weighted by atomic mass is 9.90. The number of carbonyl (C=O) groups is 3. The van der Waals surface area contributed by atoms with Crippen LogP contribution in [0.25, 0.3) is 0 Å². The van der Waals surface area contributed by atoms with Crippen LogP contribution in [0, 0.1) is 0 Å². The van der Waals surface area contributed by atoms with Crippen molar-refractivity contribution < 1.29 is 19.1 Å². The van der Waals surface area contributed by atoms with Gasteiger partial charge in [0.2, 0.25) is 0 Å². The maximum Gasteiger partial charge on any atom is 0.338 e. The fourth-order valence-corrected chi connectivity index (χ4v) is 3.07. The molecule has 134 valence electrons. The highest BCUT2D eigenvalue weighted by atomic mass is 16.5. The first kappa shape index (κ1) is 17.7. The summed E-state index contributed by atoms with van der Waals surface area (Å²) in [6.07, 6.45) is 4.35. The molecule has 0 heterocycles. The second-order valence-electron chi connectivity index (χ2n) is 6.26. The average molecular weight is 352 g/mol. The van der Waals surface area contributed by atoms with Crippen molar-refractivity contribution in [3.05, 3.63) is 64.7 Å². The Bertz CT molecular complexity index is 861. The SMILES string of the molecule is NC(=O)Nc1cccc(C(=O)OCC(=O)c2ccc3c(c2)CCCC3)c1. The van der Waals surface area contributed by atoms with Crippen molar-refractivity contribution in [1.82, 2.24) is 0 Å². The molecule has 0 spiro atoms. The van der Waals surface area contributed by atoms with Crippen molar-refractivity contribution in [2.24, 2.45) is 5.73 Å². The molecule has 6 heteroatoms. The summed E-state index contributed by atoms with van der Waals surface area (Å²) >= 11 is 0. The number of ketones is 1. The van der Waals surface area contributed by atoms with Crippen LogP contribution in [0.5, 0.6) is 0 Å². The molecule has 0 saturated carbocycles. The largest absolute Gasteiger partial charge is 0.454 e. The van der Waals surface area contributed by atoms with Crippen molar-refractivity contribution in [1.29, 1.82) is 0 Å². The van der Waals surface area contributed by atoms with Crippen molar-refractivity contribution in [2.75, 3.05) is 11.9 Å². The van der Waals surface area contributed by atoms with E-state index < -0.39 is 12.0 Å². The van der Waals surface area contributed by atoms with Gasteiger partial charge >= 0.3 is 12.0 Å². The van der Waals surface area contributed by atoms with E-state index in [-0.39, 0.29) is 18.0 Å². The van der Waals surface area contributed by atoms with Crippen LogP contribution in [0.1, 0.15) is 44.7 Å². The molecule has 0 fully saturated rings. The highest BCUT2D eigenvalue weighted by molar-refractivity contribution is 6.00. The Hall–Kier alpha value is -3.15. The smallest absolute Gasteiger partial charge is 0.338 e. The molecule has 1 aliphatic carbocycles. The number of carbonyl (C=O) groups excluding carboxylic acids is 3. The van der Waals surface area contributed by atoms with Crippen LogP contribution in [0.15, 0.2) is 42.5 Å². The zero-order chi connectivity index (χ0) is 18.5. The molecule has 2 amide bonds. The van der Waals surface area contributed by atoms with Gasteiger partial charge in [-0.25, -0.2) is 9.59 Å². The number of fused-ring (bicyclic) bond motifs is 1. The molecule has 6 nitrogen and oxygen atoms in total. The fourth-order valence-electron chi connectivity index (χ4n) is 3.07. The van der Waals surface area contributed by atoms with E-state index in [0.29, 0.717) is 11.3 Å². The number of nitrogens with one attached hydrogen (secondary N) is 1. The second-order valence-corrected chi connectivity index (χ2v) is 6.26. The third-order valence-corrected chi connectivity index (χ3v) is 4.37. The normalized spacial score (nSPS) is 12.8. The van der Waals surface area contributed by atoms with Gasteiger partial charge in [0.1, 0.15) is 0 Å².